The van der Waals surface area contributed by atoms with E-state index in [0.29, 0.717) is 6.42 Å². The van der Waals surface area contributed by atoms with Gasteiger partial charge >= 0.3 is 0 Å². The van der Waals surface area contributed by atoms with E-state index >= 15 is 0 Å². The highest BCUT2D eigenvalue weighted by atomic mass is 16.4. The molecule has 1 heterocycles. The molecular weight excluding hydrogens is 418 g/mol. The minimum atomic E-state index is -1.38. The number of aliphatic hydroxyl groups is 4. The number of nitrogens with one attached hydrogen (secondary N) is 1. The molecule has 0 radical (unpaired) electrons. The first kappa shape index (κ1) is 28.3. The number of allylic oxidation sites excluding steroid dienone is 12. The predicted molar refractivity (Wildman–Crippen MR) is 133 cm³/mol. The van der Waals surface area contributed by atoms with Gasteiger partial charge in [0.1, 0.15) is 6.10 Å². The number of rotatable bonds is 0. The fourth-order valence-corrected chi connectivity index (χ4v) is 2.87. The van der Waals surface area contributed by atoms with Crippen molar-refractivity contribution in [1.82, 2.24) is 5.32 Å². The van der Waals surface area contributed by atoms with Crippen molar-refractivity contribution in [3.05, 3.63) is 96.7 Å². The Hall–Kier alpha value is -2.77. The third-order valence-electron chi connectivity index (χ3n) is 4.77. The summed E-state index contributed by atoms with van der Waals surface area (Å²) in [6.07, 6.45) is 22.2. The third-order valence-corrected chi connectivity index (χ3v) is 4.77. The zero-order valence-electron chi connectivity index (χ0n) is 19.4. The van der Waals surface area contributed by atoms with Crippen molar-refractivity contribution in [1.29, 1.82) is 0 Å². The topological polar surface area (TPSA) is 110 Å². The molecule has 1 amide bonds. The van der Waals surface area contributed by atoms with Gasteiger partial charge in [0.2, 0.25) is 5.91 Å². The van der Waals surface area contributed by atoms with E-state index in [9.17, 15) is 25.2 Å². The molecule has 1 aliphatic heterocycles. The SMILES string of the molecule is CC1=C\C=C\C[C@H](C)NC(=O)/C=C/C=C/C=C/C[C@@H](O)[C@H](O)[C@@H](O)C[C@@H](O)/C=C/C=C\C=C\1. The zero-order valence-corrected chi connectivity index (χ0v) is 19.4. The van der Waals surface area contributed by atoms with Gasteiger partial charge < -0.3 is 25.7 Å². The maximum atomic E-state index is 11.9. The molecule has 0 spiro atoms. The van der Waals surface area contributed by atoms with Crippen LogP contribution in [0.5, 0.6) is 0 Å². The molecule has 6 nitrogen and oxygen atoms in total. The molecule has 0 unspecified atom stereocenters. The van der Waals surface area contributed by atoms with Crippen LogP contribution in [0.25, 0.3) is 0 Å². The maximum Gasteiger partial charge on any atom is 0.244 e. The number of amides is 1. The molecule has 1 rings (SSSR count). The Balaban J connectivity index is 2.86. The lowest BCUT2D eigenvalue weighted by atomic mass is 10.00. The van der Waals surface area contributed by atoms with Gasteiger partial charge in [-0.25, -0.2) is 0 Å². The van der Waals surface area contributed by atoms with Crippen molar-refractivity contribution >= 4 is 5.91 Å². The van der Waals surface area contributed by atoms with Gasteiger partial charge in [-0.15, -0.1) is 0 Å². The van der Waals surface area contributed by atoms with E-state index in [1.807, 2.05) is 50.3 Å². The summed E-state index contributed by atoms with van der Waals surface area (Å²) in [6.45, 7) is 3.91. The number of hydrogen-bond acceptors (Lipinski definition) is 5. The van der Waals surface area contributed by atoms with Gasteiger partial charge in [-0.3, -0.25) is 4.79 Å². The molecule has 1 aliphatic rings. The van der Waals surface area contributed by atoms with E-state index in [2.05, 4.69) is 5.32 Å². The second-order valence-corrected chi connectivity index (χ2v) is 7.95. The fraction of sp³-hybridized carbons (Fsp3) is 0.370. The van der Waals surface area contributed by atoms with E-state index in [1.165, 1.54) is 12.2 Å². The minimum Gasteiger partial charge on any atom is -0.390 e. The molecule has 0 aromatic rings. The summed E-state index contributed by atoms with van der Waals surface area (Å²) < 4.78 is 0. The summed E-state index contributed by atoms with van der Waals surface area (Å²) in [5.74, 6) is -0.184. The highest BCUT2D eigenvalue weighted by Crippen LogP contribution is 2.11. The number of carbonyl (C=O) groups is 1. The third kappa shape index (κ3) is 14.1. The van der Waals surface area contributed by atoms with Crippen LogP contribution in [-0.4, -0.2) is 56.8 Å². The molecule has 5 N–H and O–H groups in total. The van der Waals surface area contributed by atoms with Gasteiger partial charge in [0.05, 0.1) is 18.3 Å². The monoisotopic (exact) mass is 455 g/mol. The van der Waals surface area contributed by atoms with Crippen LogP contribution in [-0.2, 0) is 4.79 Å². The Labute approximate surface area is 197 Å². The number of carbonyl (C=O) groups excluding carboxylic acids is 1. The van der Waals surface area contributed by atoms with E-state index in [0.717, 1.165) is 5.57 Å². The van der Waals surface area contributed by atoms with Crippen LogP contribution in [0.1, 0.15) is 33.1 Å². The molecule has 0 saturated heterocycles. The lowest BCUT2D eigenvalue weighted by Gasteiger charge is -2.23. The molecule has 0 aliphatic carbocycles. The first-order valence-corrected chi connectivity index (χ1v) is 11.2. The van der Waals surface area contributed by atoms with Gasteiger partial charge in [-0.05, 0) is 26.7 Å². The lowest BCUT2D eigenvalue weighted by Crippen LogP contribution is -2.38. The van der Waals surface area contributed by atoms with Gasteiger partial charge in [0, 0.05) is 18.5 Å². The predicted octanol–water partition coefficient (Wildman–Crippen LogP) is 2.96. The van der Waals surface area contributed by atoms with Crippen LogP contribution in [0, 0.1) is 0 Å². The second-order valence-electron chi connectivity index (χ2n) is 7.95. The van der Waals surface area contributed by atoms with Crippen molar-refractivity contribution in [2.75, 3.05) is 0 Å². The number of aliphatic hydroxyl groups excluding tert-OH is 4. The van der Waals surface area contributed by atoms with Crippen molar-refractivity contribution in [3.8, 4) is 0 Å². The lowest BCUT2D eigenvalue weighted by molar-refractivity contribution is -0.117. The molecule has 0 aromatic carbocycles. The molecule has 5 atom stereocenters. The van der Waals surface area contributed by atoms with Crippen LogP contribution in [0.3, 0.4) is 0 Å². The van der Waals surface area contributed by atoms with E-state index < -0.39 is 24.4 Å². The molecule has 0 bridgehead atoms. The van der Waals surface area contributed by atoms with Crippen LogP contribution >= 0.6 is 0 Å². The maximum absolute atomic E-state index is 11.9. The van der Waals surface area contributed by atoms with Gasteiger partial charge in [-0.2, -0.15) is 0 Å². The average molecular weight is 456 g/mol. The van der Waals surface area contributed by atoms with E-state index in [1.54, 1.807) is 42.5 Å². The van der Waals surface area contributed by atoms with E-state index in [4.69, 9.17) is 0 Å². The summed E-state index contributed by atoms with van der Waals surface area (Å²) in [4.78, 5) is 11.9. The normalized spacial score (nSPS) is 37.5. The zero-order chi connectivity index (χ0) is 24.5. The molecule has 180 valence electrons. The summed E-state index contributed by atoms with van der Waals surface area (Å²) in [5, 5.41) is 43.1. The van der Waals surface area contributed by atoms with Crippen molar-refractivity contribution in [3.63, 3.8) is 0 Å². The molecule has 33 heavy (non-hydrogen) atoms. The Morgan fingerprint density at radius 3 is 2.18 bits per heavy atom. The molecule has 0 aromatic heterocycles. The first-order chi connectivity index (χ1) is 15.8. The Morgan fingerprint density at radius 1 is 0.788 bits per heavy atom. The quantitative estimate of drug-likeness (QED) is 0.386. The molecule has 0 saturated carbocycles. The van der Waals surface area contributed by atoms with Gasteiger partial charge in [0.15, 0.2) is 0 Å². The largest absolute Gasteiger partial charge is 0.390 e. The van der Waals surface area contributed by atoms with Crippen molar-refractivity contribution in [2.24, 2.45) is 0 Å². The number of hydrogen-bond donors (Lipinski definition) is 5. The summed E-state index contributed by atoms with van der Waals surface area (Å²) in [6, 6.07) is -0.00146. The van der Waals surface area contributed by atoms with Crippen LogP contribution in [0.4, 0.5) is 0 Å². The molecule has 6 heteroatoms. The first-order valence-electron chi connectivity index (χ1n) is 11.2. The highest BCUT2D eigenvalue weighted by Gasteiger charge is 2.25. The van der Waals surface area contributed by atoms with Gasteiger partial charge in [0.25, 0.3) is 0 Å². The molecular formula is C27H37NO5. The van der Waals surface area contributed by atoms with Crippen molar-refractivity contribution in [2.45, 2.75) is 63.6 Å². The Morgan fingerprint density at radius 2 is 1.42 bits per heavy atom. The van der Waals surface area contributed by atoms with Crippen LogP contribution in [0.2, 0.25) is 0 Å². The van der Waals surface area contributed by atoms with Crippen molar-refractivity contribution < 1.29 is 25.2 Å². The molecule has 0 fully saturated rings. The highest BCUT2D eigenvalue weighted by molar-refractivity contribution is 5.87. The minimum absolute atomic E-state index is 0.00146. The standard InChI is InChI=1S/C27H37NO5/c1-21-14-8-6-7-9-17-23(29)20-25(31)27(33)24(30)18-10-4-3-5-11-19-26(32)28-22(2)16-13-12-15-21/h3-15,17,19,22-25,27,29-31,33H,16,18,20H2,1-2H3,(H,28,32)/b5-3+,7-6-,10-4+,13-12+,14-8+,17-9+,19-11+,21-15+/t22-,23-,24+,25-,27-/m0/s1. The smallest absolute Gasteiger partial charge is 0.244 e. The second kappa shape index (κ2) is 16.8. The Bertz CT molecular complexity index is 816. The summed E-state index contributed by atoms with van der Waals surface area (Å²) >= 11 is 0. The summed E-state index contributed by atoms with van der Waals surface area (Å²) in [5.41, 5.74) is 1.05. The van der Waals surface area contributed by atoms with Crippen LogP contribution < -0.4 is 5.32 Å². The average Bonchev–Trinajstić information content (AvgIpc) is 2.76. The van der Waals surface area contributed by atoms with E-state index in [-0.39, 0.29) is 24.8 Å². The fourth-order valence-electron chi connectivity index (χ4n) is 2.87. The Kier molecular flexibility index (Phi) is 14.4. The van der Waals surface area contributed by atoms with Gasteiger partial charge in [-0.1, -0.05) is 90.6 Å². The summed E-state index contributed by atoms with van der Waals surface area (Å²) in [7, 11) is 0. The van der Waals surface area contributed by atoms with Crippen LogP contribution in [0.15, 0.2) is 96.7 Å².